The molecule has 1 amide bonds. The van der Waals surface area contributed by atoms with Crippen LogP contribution in [0.25, 0.3) is 6.08 Å². The van der Waals surface area contributed by atoms with Gasteiger partial charge in [-0.05, 0) is 53.5 Å². The lowest BCUT2D eigenvalue weighted by atomic mass is 9.95. The van der Waals surface area contributed by atoms with Crippen molar-refractivity contribution in [1.29, 1.82) is 0 Å². The van der Waals surface area contributed by atoms with Gasteiger partial charge in [0.15, 0.2) is 23.0 Å². The van der Waals surface area contributed by atoms with Gasteiger partial charge in [0.2, 0.25) is 0 Å². The molecule has 0 saturated heterocycles. The van der Waals surface area contributed by atoms with Gasteiger partial charge in [0.05, 0.1) is 32.9 Å². The van der Waals surface area contributed by atoms with Crippen molar-refractivity contribution < 1.29 is 28.9 Å². The van der Waals surface area contributed by atoms with E-state index in [-0.39, 0.29) is 12.1 Å². The first-order chi connectivity index (χ1) is 18.0. The molecule has 0 bridgehead atoms. The minimum absolute atomic E-state index is 0.0396. The van der Waals surface area contributed by atoms with E-state index in [1.807, 2.05) is 48.5 Å². The third-order valence-corrected chi connectivity index (χ3v) is 6.29. The maximum Gasteiger partial charge on any atom is 0.290 e. The number of aliphatic hydroxyl groups is 1. The van der Waals surface area contributed by atoms with Crippen molar-refractivity contribution in [1.82, 2.24) is 4.90 Å². The second-order valence-electron chi connectivity index (χ2n) is 8.49. The van der Waals surface area contributed by atoms with Crippen LogP contribution in [-0.4, -0.2) is 49.6 Å². The van der Waals surface area contributed by atoms with Crippen LogP contribution in [0.4, 0.5) is 0 Å². The van der Waals surface area contributed by atoms with Crippen LogP contribution in [0.15, 0.2) is 90.2 Å². The van der Waals surface area contributed by atoms with Gasteiger partial charge < -0.3 is 24.2 Å². The molecule has 37 heavy (non-hydrogen) atoms. The van der Waals surface area contributed by atoms with E-state index in [0.29, 0.717) is 29.2 Å². The lowest BCUT2D eigenvalue weighted by molar-refractivity contribution is -0.129. The molecule has 3 aromatic carbocycles. The molecule has 1 aliphatic rings. The smallest absolute Gasteiger partial charge is 0.290 e. The molecule has 1 heterocycles. The fourth-order valence-corrected chi connectivity index (χ4v) is 4.41. The first kappa shape index (κ1) is 25.6. The maximum absolute atomic E-state index is 13.3. The van der Waals surface area contributed by atoms with Gasteiger partial charge in [0.25, 0.3) is 5.91 Å². The van der Waals surface area contributed by atoms with Crippen molar-refractivity contribution in [3.8, 4) is 17.2 Å². The van der Waals surface area contributed by atoms with E-state index in [9.17, 15) is 14.7 Å². The Labute approximate surface area is 216 Å². The van der Waals surface area contributed by atoms with Crippen molar-refractivity contribution in [2.45, 2.75) is 12.5 Å². The van der Waals surface area contributed by atoms with Gasteiger partial charge in [0.1, 0.15) is 5.75 Å². The number of aliphatic hydroxyl groups excluding tert-OH is 1. The summed E-state index contributed by atoms with van der Waals surface area (Å²) in [5.41, 5.74) is 2.46. The number of amides is 1. The van der Waals surface area contributed by atoms with Gasteiger partial charge in [-0.15, -0.1) is 0 Å². The quantitative estimate of drug-likeness (QED) is 0.398. The van der Waals surface area contributed by atoms with Crippen LogP contribution in [-0.2, 0) is 16.0 Å². The summed E-state index contributed by atoms with van der Waals surface area (Å²) < 4.78 is 16.1. The highest BCUT2D eigenvalue weighted by Gasteiger charge is 2.42. The fourth-order valence-electron chi connectivity index (χ4n) is 4.41. The molecular weight excluding hydrogens is 470 g/mol. The Morgan fingerprint density at radius 3 is 2.38 bits per heavy atom. The van der Waals surface area contributed by atoms with Crippen LogP contribution in [0.2, 0.25) is 0 Å². The Balaban J connectivity index is 1.66. The lowest BCUT2D eigenvalue weighted by Gasteiger charge is -2.27. The number of carbonyl (C=O) groups excluding carboxylic acids is 2. The number of rotatable bonds is 10. The van der Waals surface area contributed by atoms with Crippen LogP contribution in [0.5, 0.6) is 17.2 Å². The van der Waals surface area contributed by atoms with Gasteiger partial charge in [-0.3, -0.25) is 9.59 Å². The topological polar surface area (TPSA) is 85.3 Å². The van der Waals surface area contributed by atoms with Gasteiger partial charge >= 0.3 is 0 Å². The van der Waals surface area contributed by atoms with Crippen molar-refractivity contribution in [3.63, 3.8) is 0 Å². The molecule has 0 radical (unpaired) electrons. The summed E-state index contributed by atoms with van der Waals surface area (Å²) in [6.45, 7) is 0.263. The average Bonchev–Trinajstić information content (AvgIpc) is 3.20. The normalized spacial score (nSPS) is 15.4. The number of methoxy groups -OCH3 is 3. The molecular formula is C30H29NO6. The molecule has 190 valence electrons. The fraction of sp³-hybridized carbons (Fsp3) is 0.200. The number of nitrogens with zero attached hydrogens (tertiary/aromatic N) is 1. The minimum atomic E-state index is -0.768. The standard InChI is InChI=1S/C30H29NO6/c1-35-23-11-7-10-22(19-23)28-27(24(32)14-12-20-8-5-4-6-9-20)29(33)30(34)31(28)17-16-21-13-15-25(36-2)26(18-21)37-3/h4-15,18-19,28,33H,16-17H2,1-3H3/b14-12+. The van der Waals surface area contributed by atoms with E-state index in [2.05, 4.69) is 0 Å². The predicted octanol–water partition coefficient (Wildman–Crippen LogP) is 4.93. The lowest BCUT2D eigenvalue weighted by Crippen LogP contribution is -2.33. The van der Waals surface area contributed by atoms with Crippen molar-refractivity contribution >= 4 is 17.8 Å². The third kappa shape index (κ3) is 5.51. The number of hydrogen-bond donors (Lipinski definition) is 1. The zero-order chi connectivity index (χ0) is 26.4. The molecule has 7 nitrogen and oxygen atoms in total. The predicted molar refractivity (Wildman–Crippen MR) is 141 cm³/mol. The molecule has 1 atom stereocenters. The highest BCUT2D eigenvalue weighted by atomic mass is 16.5. The number of benzene rings is 3. The summed E-state index contributed by atoms with van der Waals surface area (Å²) in [5.74, 6) is 0.210. The average molecular weight is 500 g/mol. The van der Waals surface area contributed by atoms with Crippen LogP contribution in [0.3, 0.4) is 0 Å². The van der Waals surface area contributed by atoms with Crippen molar-refractivity contribution in [2.24, 2.45) is 0 Å². The maximum atomic E-state index is 13.3. The molecule has 1 unspecified atom stereocenters. The van der Waals surface area contributed by atoms with E-state index >= 15 is 0 Å². The summed E-state index contributed by atoms with van der Waals surface area (Å²) in [4.78, 5) is 28.1. The molecule has 0 aliphatic carbocycles. The van der Waals surface area contributed by atoms with Crippen molar-refractivity contribution in [2.75, 3.05) is 27.9 Å². The number of carbonyl (C=O) groups is 2. The summed E-state index contributed by atoms with van der Waals surface area (Å²) in [7, 11) is 4.68. The van der Waals surface area contributed by atoms with Crippen LogP contribution in [0, 0.1) is 0 Å². The van der Waals surface area contributed by atoms with E-state index in [1.54, 1.807) is 51.7 Å². The van der Waals surface area contributed by atoms with Gasteiger partial charge in [0, 0.05) is 6.54 Å². The first-order valence-electron chi connectivity index (χ1n) is 11.8. The SMILES string of the molecule is COc1cccc(C2C(C(=O)/C=C/c3ccccc3)=C(O)C(=O)N2CCc2ccc(OC)c(OC)c2)c1. The first-order valence-corrected chi connectivity index (χ1v) is 11.8. The highest BCUT2D eigenvalue weighted by Crippen LogP contribution is 2.39. The van der Waals surface area contributed by atoms with Crippen LogP contribution >= 0.6 is 0 Å². The summed E-state index contributed by atoms with van der Waals surface area (Å²) in [5, 5.41) is 10.9. The molecule has 0 aromatic heterocycles. The van der Waals surface area contributed by atoms with E-state index in [0.717, 1.165) is 11.1 Å². The van der Waals surface area contributed by atoms with E-state index in [1.165, 1.54) is 11.0 Å². The van der Waals surface area contributed by atoms with Crippen LogP contribution < -0.4 is 14.2 Å². The Morgan fingerprint density at radius 2 is 1.68 bits per heavy atom. The zero-order valence-corrected chi connectivity index (χ0v) is 21.0. The molecule has 0 fully saturated rings. The molecule has 3 aromatic rings. The monoisotopic (exact) mass is 499 g/mol. The molecule has 7 heteroatoms. The Morgan fingerprint density at radius 1 is 0.919 bits per heavy atom. The van der Waals surface area contributed by atoms with Crippen molar-refractivity contribution in [3.05, 3.63) is 107 Å². The van der Waals surface area contributed by atoms with E-state index in [4.69, 9.17) is 14.2 Å². The van der Waals surface area contributed by atoms with Gasteiger partial charge in [-0.2, -0.15) is 0 Å². The minimum Gasteiger partial charge on any atom is -0.503 e. The number of allylic oxidation sites excluding steroid dienone is 1. The van der Waals surface area contributed by atoms with Gasteiger partial charge in [-0.1, -0.05) is 54.6 Å². The zero-order valence-electron chi connectivity index (χ0n) is 21.0. The molecule has 0 spiro atoms. The van der Waals surface area contributed by atoms with Gasteiger partial charge in [-0.25, -0.2) is 0 Å². The summed E-state index contributed by atoms with van der Waals surface area (Å²) in [6.07, 6.45) is 3.53. The second-order valence-corrected chi connectivity index (χ2v) is 8.49. The van der Waals surface area contributed by atoms with Crippen LogP contribution in [0.1, 0.15) is 22.7 Å². The molecule has 0 saturated carbocycles. The molecule has 1 N–H and O–H groups in total. The Bertz CT molecular complexity index is 1350. The number of ether oxygens (including phenoxy) is 3. The van der Waals surface area contributed by atoms with E-state index < -0.39 is 23.5 Å². The number of hydrogen-bond acceptors (Lipinski definition) is 6. The summed E-state index contributed by atoms with van der Waals surface area (Å²) in [6, 6.07) is 21.3. The largest absolute Gasteiger partial charge is 0.503 e. The summed E-state index contributed by atoms with van der Waals surface area (Å²) >= 11 is 0. The number of ketones is 1. The molecule has 4 rings (SSSR count). The third-order valence-electron chi connectivity index (χ3n) is 6.29. The second kappa shape index (κ2) is 11.5. The Kier molecular flexibility index (Phi) is 7.93. The highest BCUT2D eigenvalue weighted by molar-refractivity contribution is 6.14. The molecule has 1 aliphatic heterocycles. The Hall–Kier alpha value is -4.52.